The highest BCUT2D eigenvalue weighted by Gasteiger charge is 2.30. The fourth-order valence-corrected chi connectivity index (χ4v) is 4.78. The molecule has 5 heteroatoms. The smallest absolute Gasteiger partial charge is 0.242 e. The Morgan fingerprint density at radius 2 is 1.42 bits per heavy atom. The Balaban J connectivity index is 1.83. The van der Waals surface area contributed by atoms with Crippen molar-refractivity contribution in [1.29, 1.82) is 0 Å². The SMILES string of the molecule is CNC(=O)[C@H](Cc1ccccc1)N(Cc1ccccc1C)C(=O)CSCc1ccccc1C. The predicted molar refractivity (Wildman–Crippen MR) is 137 cm³/mol. The number of aryl methyl sites for hydroxylation is 2. The molecule has 3 aromatic carbocycles. The molecule has 33 heavy (non-hydrogen) atoms. The fraction of sp³-hybridized carbons (Fsp3) is 0.286. The van der Waals surface area contributed by atoms with Gasteiger partial charge in [0, 0.05) is 25.8 Å². The number of rotatable bonds is 10. The lowest BCUT2D eigenvalue weighted by Gasteiger charge is -2.31. The van der Waals surface area contributed by atoms with Crippen LogP contribution in [0.4, 0.5) is 0 Å². The van der Waals surface area contributed by atoms with Crippen LogP contribution in [0.25, 0.3) is 0 Å². The second-order valence-electron chi connectivity index (χ2n) is 8.19. The van der Waals surface area contributed by atoms with Gasteiger partial charge >= 0.3 is 0 Å². The number of nitrogens with one attached hydrogen (secondary N) is 1. The Morgan fingerprint density at radius 3 is 2.03 bits per heavy atom. The van der Waals surface area contributed by atoms with Crippen molar-refractivity contribution in [3.8, 4) is 0 Å². The first-order valence-electron chi connectivity index (χ1n) is 11.2. The lowest BCUT2D eigenvalue weighted by molar-refractivity contribution is -0.139. The molecule has 1 atom stereocenters. The van der Waals surface area contributed by atoms with Gasteiger partial charge in [-0.2, -0.15) is 0 Å². The highest BCUT2D eigenvalue weighted by atomic mass is 32.2. The molecule has 1 N–H and O–H groups in total. The van der Waals surface area contributed by atoms with Gasteiger partial charge in [0.25, 0.3) is 0 Å². The third kappa shape index (κ3) is 6.96. The summed E-state index contributed by atoms with van der Waals surface area (Å²) in [7, 11) is 1.63. The largest absolute Gasteiger partial charge is 0.357 e. The van der Waals surface area contributed by atoms with E-state index in [0.29, 0.717) is 18.7 Å². The number of amides is 2. The number of hydrogen-bond acceptors (Lipinski definition) is 3. The molecule has 172 valence electrons. The van der Waals surface area contributed by atoms with E-state index in [4.69, 9.17) is 0 Å². The predicted octanol–water partition coefficient (Wildman–Crippen LogP) is 4.92. The monoisotopic (exact) mass is 460 g/mol. The van der Waals surface area contributed by atoms with Crippen molar-refractivity contribution in [2.45, 2.75) is 38.6 Å². The zero-order valence-electron chi connectivity index (χ0n) is 19.6. The maximum atomic E-state index is 13.5. The van der Waals surface area contributed by atoms with Crippen LogP contribution in [-0.2, 0) is 28.3 Å². The van der Waals surface area contributed by atoms with Gasteiger partial charge < -0.3 is 10.2 Å². The molecular formula is C28H32N2O2S. The lowest BCUT2D eigenvalue weighted by Crippen LogP contribution is -2.50. The molecule has 2 amide bonds. The number of carbonyl (C=O) groups is 2. The Bertz CT molecular complexity index is 1070. The van der Waals surface area contributed by atoms with E-state index in [2.05, 4.69) is 24.4 Å². The van der Waals surface area contributed by atoms with E-state index in [1.165, 1.54) is 11.1 Å². The molecule has 0 fully saturated rings. The zero-order valence-corrected chi connectivity index (χ0v) is 20.4. The van der Waals surface area contributed by atoms with Crippen molar-refractivity contribution in [2.24, 2.45) is 0 Å². The van der Waals surface area contributed by atoms with Gasteiger partial charge in [-0.15, -0.1) is 11.8 Å². The van der Waals surface area contributed by atoms with E-state index in [9.17, 15) is 9.59 Å². The lowest BCUT2D eigenvalue weighted by atomic mass is 10.0. The van der Waals surface area contributed by atoms with Gasteiger partial charge in [0.2, 0.25) is 11.8 Å². The van der Waals surface area contributed by atoms with Gasteiger partial charge in [-0.25, -0.2) is 0 Å². The number of hydrogen-bond donors (Lipinski definition) is 1. The molecule has 0 saturated heterocycles. The van der Waals surface area contributed by atoms with Crippen LogP contribution in [0.2, 0.25) is 0 Å². The maximum Gasteiger partial charge on any atom is 0.242 e. The van der Waals surface area contributed by atoms with Crippen LogP contribution in [0.15, 0.2) is 78.9 Å². The molecule has 0 radical (unpaired) electrons. The molecule has 0 bridgehead atoms. The summed E-state index contributed by atoms with van der Waals surface area (Å²) in [4.78, 5) is 28.2. The minimum Gasteiger partial charge on any atom is -0.357 e. The standard InChI is InChI=1S/C28H32N2O2S/c1-21-11-7-9-15-24(21)18-30(26(28(32)29-3)17-23-13-5-4-6-14-23)27(31)20-33-19-25-16-10-8-12-22(25)2/h4-16,26H,17-20H2,1-3H3,(H,29,32)/t26-/m0/s1. The molecular weight excluding hydrogens is 428 g/mol. The summed E-state index contributed by atoms with van der Waals surface area (Å²) in [5, 5.41) is 2.77. The summed E-state index contributed by atoms with van der Waals surface area (Å²) in [5.41, 5.74) is 5.64. The van der Waals surface area contributed by atoms with Crippen molar-refractivity contribution < 1.29 is 9.59 Å². The Morgan fingerprint density at radius 1 is 0.848 bits per heavy atom. The summed E-state index contributed by atoms with van der Waals surface area (Å²) in [6, 6.07) is 25.6. The summed E-state index contributed by atoms with van der Waals surface area (Å²) in [6.45, 7) is 4.53. The molecule has 0 aliphatic heterocycles. The molecule has 0 saturated carbocycles. The minimum atomic E-state index is -0.580. The number of benzene rings is 3. The maximum absolute atomic E-state index is 13.5. The first-order chi connectivity index (χ1) is 16.0. The highest BCUT2D eigenvalue weighted by molar-refractivity contribution is 7.99. The van der Waals surface area contributed by atoms with Crippen molar-refractivity contribution in [3.05, 3.63) is 107 Å². The Hall–Kier alpha value is -3.05. The first kappa shape index (κ1) is 24.6. The van der Waals surface area contributed by atoms with Crippen LogP contribution in [0, 0.1) is 13.8 Å². The van der Waals surface area contributed by atoms with Crippen molar-refractivity contribution in [1.82, 2.24) is 10.2 Å². The molecule has 3 rings (SSSR count). The summed E-state index contributed by atoms with van der Waals surface area (Å²) in [5.74, 6) is 0.911. The van der Waals surface area contributed by atoms with Crippen LogP contribution in [0.3, 0.4) is 0 Å². The zero-order chi connectivity index (χ0) is 23.6. The summed E-state index contributed by atoms with van der Waals surface area (Å²) >= 11 is 1.59. The fourth-order valence-electron chi connectivity index (χ4n) is 3.79. The first-order valence-corrected chi connectivity index (χ1v) is 12.4. The van der Waals surface area contributed by atoms with E-state index in [-0.39, 0.29) is 11.8 Å². The van der Waals surface area contributed by atoms with Crippen LogP contribution < -0.4 is 5.32 Å². The molecule has 4 nitrogen and oxygen atoms in total. The van der Waals surface area contributed by atoms with Gasteiger partial charge in [-0.3, -0.25) is 9.59 Å². The van der Waals surface area contributed by atoms with Gasteiger partial charge in [0.1, 0.15) is 6.04 Å². The molecule has 0 aliphatic rings. The average Bonchev–Trinajstić information content (AvgIpc) is 2.83. The van der Waals surface area contributed by atoms with E-state index >= 15 is 0 Å². The number of thioether (sulfide) groups is 1. The van der Waals surface area contributed by atoms with Gasteiger partial charge in [0.15, 0.2) is 0 Å². The van der Waals surface area contributed by atoms with E-state index in [1.54, 1.807) is 23.7 Å². The second-order valence-corrected chi connectivity index (χ2v) is 9.17. The molecule has 3 aromatic rings. The van der Waals surface area contributed by atoms with Crippen LogP contribution in [0.1, 0.15) is 27.8 Å². The van der Waals surface area contributed by atoms with Gasteiger partial charge in [-0.1, -0.05) is 78.9 Å². The van der Waals surface area contributed by atoms with Crippen molar-refractivity contribution >= 4 is 23.6 Å². The number of likely N-dealkylation sites (N-methyl/N-ethyl adjacent to an activating group) is 1. The normalized spacial score (nSPS) is 11.6. The van der Waals surface area contributed by atoms with Crippen molar-refractivity contribution in [2.75, 3.05) is 12.8 Å². The Kier molecular flexibility index (Phi) is 9.14. The second kappa shape index (κ2) is 12.3. The van der Waals surface area contributed by atoms with Gasteiger partial charge in [-0.05, 0) is 41.7 Å². The van der Waals surface area contributed by atoms with Gasteiger partial charge in [0.05, 0.1) is 5.75 Å². The molecule has 0 spiro atoms. The minimum absolute atomic E-state index is 0.0265. The number of nitrogens with zero attached hydrogens (tertiary/aromatic N) is 1. The van der Waals surface area contributed by atoms with Crippen LogP contribution >= 0.6 is 11.8 Å². The molecule has 0 unspecified atom stereocenters. The van der Waals surface area contributed by atoms with Crippen LogP contribution in [0.5, 0.6) is 0 Å². The topological polar surface area (TPSA) is 49.4 Å². The van der Waals surface area contributed by atoms with E-state index in [0.717, 1.165) is 22.4 Å². The van der Waals surface area contributed by atoms with E-state index in [1.807, 2.05) is 73.7 Å². The average molecular weight is 461 g/mol. The van der Waals surface area contributed by atoms with Crippen molar-refractivity contribution in [3.63, 3.8) is 0 Å². The third-order valence-electron chi connectivity index (χ3n) is 5.86. The highest BCUT2D eigenvalue weighted by Crippen LogP contribution is 2.20. The summed E-state index contributed by atoms with van der Waals surface area (Å²) in [6.07, 6.45) is 0.473. The molecule has 0 aliphatic carbocycles. The summed E-state index contributed by atoms with van der Waals surface area (Å²) < 4.78 is 0. The number of carbonyl (C=O) groups excluding carboxylic acids is 2. The van der Waals surface area contributed by atoms with Crippen LogP contribution in [-0.4, -0.2) is 35.6 Å². The molecule has 0 aromatic heterocycles. The Labute approximate surface area is 201 Å². The molecule has 0 heterocycles. The quantitative estimate of drug-likeness (QED) is 0.467. The third-order valence-corrected chi connectivity index (χ3v) is 6.83. The van der Waals surface area contributed by atoms with E-state index < -0.39 is 6.04 Å².